The zero-order chi connectivity index (χ0) is 13.5. The highest BCUT2D eigenvalue weighted by Crippen LogP contribution is 2.07. The Morgan fingerprint density at radius 3 is 2.39 bits per heavy atom. The third kappa shape index (κ3) is 4.55. The van der Waals surface area contributed by atoms with E-state index in [1.54, 1.807) is 24.3 Å². The smallest absolute Gasteiger partial charge is 0.338 e. The molecule has 5 nitrogen and oxygen atoms in total. The maximum atomic E-state index is 11.7. The van der Waals surface area contributed by atoms with E-state index in [4.69, 9.17) is 9.84 Å². The summed E-state index contributed by atoms with van der Waals surface area (Å²) in [6.45, 7) is 2.61. The van der Waals surface area contributed by atoms with Crippen LogP contribution in [0.25, 0.3) is 0 Å². The molecule has 98 valence electrons. The van der Waals surface area contributed by atoms with Crippen LogP contribution in [0.5, 0.6) is 0 Å². The van der Waals surface area contributed by atoms with Gasteiger partial charge >= 0.3 is 11.9 Å². The van der Waals surface area contributed by atoms with Crippen LogP contribution in [0.3, 0.4) is 0 Å². The maximum absolute atomic E-state index is 11.7. The topological polar surface area (TPSA) is 72.8 Å². The predicted molar refractivity (Wildman–Crippen MR) is 64.1 cm³/mol. The first-order valence-electron chi connectivity index (χ1n) is 5.54. The van der Waals surface area contributed by atoms with Gasteiger partial charge in [0.15, 0.2) is 6.10 Å². The largest absolute Gasteiger partial charge is 0.462 e. The van der Waals surface area contributed by atoms with Gasteiger partial charge in [-0.15, -0.1) is 0 Å². The molecule has 1 rings (SSSR count). The predicted octanol–water partition coefficient (Wildman–Crippen LogP) is 1.08. The monoisotopic (exact) mass is 252 g/mol. The van der Waals surface area contributed by atoms with E-state index in [9.17, 15) is 9.59 Å². The molecule has 0 fully saturated rings. The van der Waals surface area contributed by atoms with Crippen LogP contribution >= 0.6 is 0 Å². The van der Waals surface area contributed by atoms with E-state index >= 15 is 0 Å². The van der Waals surface area contributed by atoms with Crippen molar-refractivity contribution in [2.75, 3.05) is 13.2 Å². The van der Waals surface area contributed by atoms with Crippen molar-refractivity contribution in [1.82, 2.24) is 0 Å². The lowest BCUT2D eigenvalue weighted by atomic mass is 10.1. The Morgan fingerprint density at radius 1 is 1.28 bits per heavy atom. The van der Waals surface area contributed by atoms with Crippen molar-refractivity contribution >= 4 is 11.9 Å². The molecule has 0 bridgehead atoms. The van der Waals surface area contributed by atoms with E-state index in [1.165, 1.54) is 6.92 Å². The van der Waals surface area contributed by atoms with Gasteiger partial charge in [0.2, 0.25) is 0 Å². The molecular weight excluding hydrogens is 236 g/mol. The van der Waals surface area contributed by atoms with Crippen LogP contribution in [0.2, 0.25) is 0 Å². The second-order valence-corrected chi connectivity index (χ2v) is 3.88. The summed E-state index contributed by atoms with van der Waals surface area (Å²) in [5.74, 6) is -1.04. The van der Waals surface area contributed by atoms with Crippen LogP contribution in [0.1, 0.15) is 22.8 Å². The highest BCUT2D eigenvalue weighted by atomic mass is 16.6. The molecule has 0 amide bonds. The molecule has 0 aromatic heterocycles. The molecule has 0 saturated carbocycles. The first kappa shape index (κ1) is 14.2. The number of aliphatic hydroxyl groups excluding tert-OH is 1. The highest BCUT2D eigenvalue weighted by Gasteiger charge is 2.16. The highest BCUT2D eigenvalue weighted by molar-refractivity contribution is 5.89. The normalized spacial score (nSPS) is 11.7. The van der Waals surface area contributed by atoms with Gasteiger partial charge in [-0.2, -0.15) is 0 Å². The average molecular weight is 252 g/mol. The summed E-state index contributed by atoms with van der Waals surface area (Å²) in [4.78, 5) is 22.3. The lowest BCUT2D eigenvalue weighted by molar-refractivity contribution is -0.144. The first-order valence-corrected chi connectivity index (χ1v) is 5.54. The third-order valence-corrected chi connectivity index (χ3v) is 2.24. The Bertz CT molecular complexity index is 410. The number of benzene rings is 1. The van der Waals surface area contributed by atoms with Crippen molar-refractivity contribution in [3.8, 4) is 0 Å². The summed E-state index contributed by atoms with van der Waals surface area (Å²) in [5.41, 5.74) is 1.42. The molecule has 0 aliphatic rings. The van der Waals surface area contributed by atoms with Crippen LogP contribution in [-0.2, 0) is 14.3 Å². The zero-order valence-corrected chi connectivity index (χ0v) is 10.4. The van der Waals surface area contributed by atoms with Crippen LogP contribution in [-0.4, -0.2) is 36.4 Å². The molecule has 0 radical (unpaired) electrons. The molecule has 1 aromatic carbocycles. The summed E-state index contributed by atoms with van der Waals surface area (Å²) >= 11 is 0. The third-order valence-electron chi connectivity index (χ3n) is 2.24. The molecule has 1 aromatic rings. The zero-order valence-electron chi connectivity index (χ0n) is 10.4. The van der Waals surface area contributed by atoms with Crippen LogP contribution in [0, 0.1) is 6.92 Å². The number of hydrogen-bond acceptors (Lipinski definition) is 5. The van der Waals surface area contributed by atoms with E-state index in [0.29, 0.717) is 5.56 Å². The molecule has 18 heavy (non-hydrogen) atoms. The lowest BCUT2D eigenvalue weighted by Gasteiger charge is -2.15. The molecule has 0 spiro atoms. The molecule has 0 saturated heterocycles. The minimum absolute atomic E-state index is 0.149. The Labute approximate surface area is 105 Å². The summed E-state index contributed by atoms with van der Waals surface area (Å²) < 4.78 is 9.68. The van der Waals surface area contributed by atoms with Gasteiger partial charge in [-0.1, -0.05) is 17.7 Å². The van der Waals surface area contributed by atoms with Gasteiger partial charge < -0.3 is 14.6 Å². The van der Waals surface area contributed by atoms with E-state index in [2.05, 4.69) is 4.74 Å². The summed E-state index contributed by atoms with van der Waals surface area (Å²) in [5, 5.41) is 9.01. The van der Waals surface area contributed by atoms with Gasteiger partial charge in [0, 0.05) is 6.92 Å². The van der Waals surface area contributed by atoms with Crippen LogP contribution in [0.4, 0.5) is 0 Å². The van der Waals surface area contributed by atoms with Crippen LogP contribution < -0.4 is 0 Å². The van der Waals surface area contributed by atoms with Gasteiger partial charge in [-0.05, 0) is 19.1 Å². The van der Waals surface area contributed by atoms with Gasteiger partial charge in [0.25, 0.3) is 0 Å². The van der Waals surface area contributed by atoms with Gasteiger partial charge in [0.1, 0.15) is 6.61 Å². The number of aryl methyl sites for hydroxylation is 1. The Morgan fingerprint density at radius 2 is 1.89 bits per heavy atom. The molecule has 1 N–H and O–H groups in total. The number of ether oxygens (including phenoxy) is 2. The molecular formula is C13H16O5. The number of aliphatic hydroxyl groups is 1. The van der Waals surface area contributed by atoms with Gasteiger partial charge in [0.05, 0.1) is 12.2 Å². The number of carbonyl (C=O) groups is 2. The summed E-state index contributed by atoms with van der Waals surface area (Å²) in [7, 11) is 0. The molecule has 0 heterocycles. The van der Waals surface area contributed by atoms with Crippen molar-refractivity contribution in [2.45, 2.75) is 20.0 Å². The van der Waals surface area contributed by atoms with E-state index in [1.807, 2.05) is 6.92 Å². The fourth-order valence-electron chi connectivity index (χ4n) is 1.24. The summed E-state index contributed by atoms with van der Waals surface area (Å²) in [6, 6.07) is 6.85. The standard InChI is InChI=1S/C13H16O5/c1-9-3-5-11(6-4-9)13(16)18-12(7-14)8-17-10(2)15/h3-6,12,14H,7-8H2,1-2H3/t12-/m1/s1. The van der Waals surface area contributed by atoms with E-state index < -0.39 is 24.6 Å². The molecule has 0 aliphatic carbocycles. The quantitative estimate of drug-likeness (QED) is 0.794. The van der Waals surface area contributed by atoms with Crippen molar-refractivity contribution in [2.24, 2.45) is 0 Å². The molecule has 0 aliphatic heterocycles. The Balaban J connectivity index is 2.56. The van der Waals surface area contributed by atoms with Crippen molar-refractivity contribution < 1.29 is 24.2 Å². The van der Waals surface area contributed by atoms with Gasteiger partial charge in [-0.25, -0.2) is 4.79 Å². The van der Waals surface area contributed by atoms with E-state index in [0.717, 1.165) is 5.56 Å². The van der Waals surface area contributed by atoms with Gasteiger partial charge in [-0.3, -0.25) is 4.79 Å². The van der Waals surface area contributed by atoms with E-state index in [-0.39, 0.29) is 6.61 Å². The Hall–Kier alpha value is -1.88. The average Bonchev–Trinajstić information content (AvgIpc) is 2.34. The van der Waals surface area contributed by atoms with Crippen molar-refractivity contribution in [3.63, 3.8) is 0 Å². The fraction of sp³-hybridized carbons (Fsp3) is 0.385. The minimum atomic E-state index is -0.845. The number of rotatable bonds is 5. The minimum Gasteiger partial charge on any atom is -0.462 e. The second-order valence-electron chi connectivity index (χ2n) is 3.88. The maximum Gasteiger partial charge on any atom is 0.338 e. The number of esters is 2. The fourth-order valence-corrected chi connectivity index (χ4v) is 1.24. The molecule has 5 heteroatoms. The lowest BCUT2D eigenvalue weighted by Crippen LogP contribution is -2.28. The van der Waals surface area contributed by atoms with Crippen molar-refractivity contribution in [3.05, 3.63) is 35.4 Å². The molecule has 1 atom stereocenters. The number of hydrogen-bond donors (Lipinski definition) is 1. The SMILES string of the molecule is CC(=O)OC[C@@H](CO)OC(=O)c1ccc(C)cc1. The first-order chi connectivity index (χ1) is 8.52. The van der Waals surface area contributed by atoms with Crippen LogP contribution in [0.15, 0.2) is 24.3 Å². The second kappa shape index (κ2) is 6.76. The van der Waals surface area contributed by atoms with Crippen molar-refractivity contribution in [1.29, 1.82) is 0 Å². The summed E-state index contributed by atoms with van der Waals surface area (Å²) in [6.07, 6.45) is -0.845. The number of carbonyl (C=O) groups excluding carboxylic acids is 2. The Kier molecular flexibility index (Phi) is 5.32. The molecule has 0 unspecified atom stereocenters.